The molecule has 5 nitrogen and oxygen atoms in total. The lowest BCUT2D eigenvalue weighted by Gasteiger charge is -1.93. The minimum Gasteiger partial charge on any atom is -0.396 e. The second-order valence-electron chi connectivity index (χ2n) is 2.53. The van der Waals surface area contributed by atoms with Gasteiger partial charge in [-0.25, -0.2) is 0 Å². The number of H-pyrrole nitrogens is 1. The fourth-order valence-electron chi connectivity index (χ4n) is 1.13. The number of nitrogens with zero attached hydrogens (tertiary/aromatic N) is 1. The maximum atomic E-state index is 10.5. The molecule has 0 aliphatic heterocycles. The van der Waals surface area contributed by atoms with Crippen molar-refractivity contribution in [1.82, 2.24) is 4.98 Å². The Morgan fingerprint density at radius 2 is 2.31 bits per heavy atom. The van der Waals surface area contributed by atoms with Gasteiger partial charge in [0.1, 0.15) is 0 Å². The molecule has 0 saturated carbocycles. The van der Waals surface area contributed by atoms with Gasteiger partial charge in [-0.1, -0.05) is 0 Å². The maximum absolute atomic E-state index is 10.5. The van der Waals surface area contributed by atoms with E-state index in [-0.39, 0.29) is 24.7 Å². The Balaban J connectivity index is 0.00000144. The van der Waals surface area contributed by atoms with Crippen LogP contribution in [0, 0.1) is 17.0 Å². The van der Waals surface area contributed by atoms with Crippen molar-refractivity contribution >= 4 is 18.1 Å². The molecule has 0 bridgehead atoms. The lowest BCUT2D eigenvalue weighted by atomic mass is 10.2. The minimum absolute atomic E-state index is 0. The van der Waals surface area contributed by atoms with E-state index in [9.17, 15) is 10.1 Å². The maximum Gasteiger partial charge on any atom is 0.292 e. The molecule has 0 amide bonds. The molecule has 2 N–H and O–H groups in total. The number of nitro groups is 1. The van der Waals surface area contributed by atoms with Crippen molar-refractivity contribution in [3.05, 3.63) is 27.6 Å². The highest BCUT2D eigenvalue weighted by Crippen LogP contribution is 2.22. The monoisotopic (exact) mass is 206 g/mol. The van der Waals surface area contributed by atoms with E-state index in [1.807, 2.05) is 0 Å². The summed E-state index contributed by atoms with van der Waals surface area (Å²) in [7, 11) is 0. The number of aryl methyl sites for hydroxylation is 1. The van der Waals surface area contributed by atoms with E-state index >= 15 is 0 Å². The lowest BCUT2D eigenvalue weighted by Crippen LogP contribution is -1.97. The minimum atomic E-state index is -0.434. The SMILES string of the molecule is Cc1c[nH]c(CCO)c1[N+](=O)[O-].Cl. The topological polar surface area (TPSA) is 79.2 Å². The van der Waals surface area contributed by atoms with Crippen molar-refractivity contribution in [1.29, 1.82) is 0 Å². The number of nitrogens with one attached hydrogen (secondary N) is 1. The van der Waals surface area contributed by atoms with Crippen LogP contribution >= 0.6 is 12.4 Å². The largest absolute Gasteiger partial charge is 0.396 e. The van der Waals surface area contributed by atoms with Gasteiger partial charge >= 0.3 is 0 Å². The van der Waals surface area contributed by atoms with Crippen LogP contribution in [-0.2, 0) is 6.42 Å². The predicted molar refractivity (Wildman–Crippen MR) is 50.2 cm³/mol. The van der Waals surface area contributed by atoms with Crippen LogP contribution in [-0.4, -0.2) is 21.6 Å². The summed E-state index contributed by atoms with van der Waals surface area (Å²) in [6.07, 6.45) is 1.87. The zero-order chi connectivity index (χ0) is 9.14. The molecule has 0 saturated heterocycles. The molecule has 0 fully saturated rings. The van der Waals surface area contributed by atoms with Crippen LogP contribution in [0.5, 0.6) is 0 Å². The Labute approximate surface area is 81.3 Å². The van der Waals surface area contributed by atoms with E-state index in [1.54, 1.807) is 13.1 Å². The summed E-state index contributed by atoms with van der Waals surface area (Å²) < 4.78 is 0. The summed E-state index contributed by atoms with van der Waals surface area (Å²) in [5.74, 6) is 0. The molecule has 1 rings (SSSR count). The summed E-state index contributed by atoms with van der Waals surface area (Å²) in [5, 5.41) is 19.1. The number of halogens is 1. The van der Waals surface area contributed by atoms with Gasteiger partial charge in [-0.05, 0) is 6.92 Å². The van der Waals surface area contributed by atoms with Gasteiger partial charge in [0, 0.05) is 24.8 Å². The van der Waals surface area contributed by atoms with Crippen molar-refractivity contribution < 1.29 is 10.0 Å². The third kappa shape index (κ3) is 2.43. The molecule has 0 aromatic carbocycles. The normalized spacial score (nSPS) is 9.38. The number of hydrogen-bond donors (Lipinski definition) is 2. The summed E-state index contributed by atoms with van der Waals surface area (Å²) in [4.78, 5) is 12.8. The first-order valence-corrected chi connectivity index (χ1v) is 3.59. The summed E-state index contributed by atoms with van der Waals surface area (Å²) in [6.45, 7) is 1.58. The molecule has 0 radical (unpaired) electrons. The van der Waals surface area contributed by atoms with Crippen molar-refractivity contribution in [2.24, 2.45) is 0 Å². The quantitative estimate of drug-likeness (QED) is 0.576. The zero-order valence-corrected chi connectivity index (χ0v) is 7.93. The smallest absolute Gasteiger partial charge is 0.292 e. The lowest BCUT2D eigenvalue weighted by molar-refractivity contribution is -0.386. The van der Waals surface area contributed by atoms with Gasteiger partial charge < -0.3 is 10.1 Å². The Hall–Kier alpha value is -1.07. The van der Waals surface area contributed by atoms with Crippen molar-refractivity contribution in [3.63, 3.8) is 0 Å². The molecule has 6 heteroatoms. The average molecular weight is 207 g/mol. The van der Waals surface area contributed by atoms with E-state index in [0.717, 1.165) is 0 Å². The van der Waals surface area contributed by atoms with Gasteiger partial charge in [0.05, 0.1) is 10.6 Å². The number of aliphatic hydroxyl groups excluding tert-OH is 1. The Bertz CT molecular complexity index is 298. The van der Waals surface area contributed by atoms with Crippen LogP contribution in [0.4, 0.5) is 5.69 Å². The first-order chi connectivity index (χ1) is 5.66. The molecule has 13 heavy (non-hydrogen) atoms. The molecule has 1 heterocycles. The first kappa shape index (κ1) is 11.9. The predicted octanol–water partition coefficient (Wildman–Crippen LogP) is 1.19. The Morgan fingerprint density at radius 1 is 1.69 bits per heavy atom. The molecular weight excluding hydrogens is 196 g/mol. The van der Waals surface area contributed by atoms with E-state index in [0.29, 0.717) is 17.7 Å². The third-order valence-electron chi connectivity index (χ3n) is 1.67. The van der Waals surface area contributed by atoms with Crippen LogP contribution in [0.2, 0.25) is 0 Å². The number of hydrogen-bond acceptors (Lipinski definition) is 3. The number of rotatable bonds is 3. The molecular formula is C7H11ClN2O3. The fraction of sp³-hybridized carbons (Fsp3) is 0.429. The van der Waals surface area contributed by atoms with Gasteiger partial charge in [-0.2, -0.15) is 0 Å². The highest BCUT2D eigenvalue weighted by Gasteiger charge is 2.17. The fourth-order valence-corrected chi connectivity index (χ4v) is 1.13. The van der Waals surface area contributed by atoms with Crippen molar-refractivity contribution in [2.75, 3.05) is 6.61 Å². The molecule has 0 atom stereocenters. The molecule has 1 aromatic heterocycles. The number of aromatic amines is 1. The number of aliphatic hydroxyl groups is 1. The van der Waals surface area contributed by atoms with Crippen LogP contribution in [0.3, 0.4) is 0 Å². The summed E-state index contributed by atoms with van der Waals surface area (Å²) in [5.41, 5.74) is 1.17. The van der Waals surface area contributed by atoms with Crippen LogP contribution < -0.4 is 0 Å². The van der Waals surface area contributed by atoms with Gasteiger partial charge in [0.2, 0.25) is 0 Å². The van der Waals surface area contributed by atoms with Gasteiger partial charge in [-0.15, -0.1) is 12.4 Å². The van der Waals surface area contributed by atoms with Crippen molar-refractivity contribution in [3.8, 4) is 0 Å². The summed E-state index contributed by atoms with van der Waals surface area (Å²) >= 11 is 0. The standard InChI is InChI=1S/C7H10N2O3.ClH/c1-5-4-8-6(2-3-10)7(5)9(11)12;/h4,8,10H,2-3H2,1H3;1H. The van der Waals surface area contributed by atoms with E-state index in [1.165, 1.54) is 0 Å². The molecule has 0 aliphatic carbocycles. The average Bonchev–Trinajstić information content (AvgIpc) is 2.32. The zero-order valence-electron chi connectivity index (χ0n) is 7.11. The summed E-state index contributed by atoms with van der Waals surface area (Å²) in [6, 6.07) is 0. The van der Waals surface area contributed by atoms with E-state index < -0.39 is 4.92 Å². The molecule has 74 valence electrons. The molecule has 0 spiro atoms. The van der Waals surface area contributed by atoms with Crippen molar-refractivity contribution in [2.45, 2.75) is 13.3 Å². The molecule has 1 aromatic rings. The van der Waals surface area contributed by atoms with Crippen LogP contribution in [0.15, 0.2) is 6.20 Å². The first-order valence-electron chi connectivity index (χ1n) is 3.59. The molecule has 0 unspecified atom stereocenters. The van der Waals surface area contributed by atoms with Gasteiger partial charge in [-0.3, -0.25) is 10.1 Å². The van der Waals surface area contributed by atoms with Crippen LogP contribution in [0.25, 0.3) is 0 Å². The van der Waals surface area contributed by atoms with E-state index in [4.69, 9.17) is 5.11 Å². The van der Waals surface area contributed by atoms with E-state index in [2.05, 4.69) is 4.98 Å². The highest BCUT2D eigenvalue weighted by molar-refractivity contribution is 5.85. The highest BCUT2D eigenvalue weighted by atomic mass is 35.5. The second kappa shape index (κ2) is 4.84. The van der Waals surface area contributed by atoms with Gasteiger partial charge in [0.25, 0.3) is 5.69 Å². The number of aromatic nitrogens is 1. The molecule has 0 aliphatic rings. The van der Waals surface area contributed by atoms with Gasteiger partial charge in [0.15, 0.2) is 0 Å². The second-order valence-corrected chi connectivity index (χ2v) is 2.53. The Morgan fingerprint density at radius 3 is 2.77 bits per heavy atom. The van der Waals surface area contributed by atoms with Crippen LogP contribution in [0.1, 0.15) is 11.3 Å². The Kier molecular flexibility index (Phi) is 4.44. The third-order valence-corrected chi connectivity index (χ3v) is 1.67.